The normalized spacial score (nSPS) is 34.5. The number of fused-ring (bicyclic) bond motifs is 2. The lowest BCUT2D eigenvalue weighted by molar-refractivity contribution is 0.130. The smallest absolute Gasteiger partial charge is 0.235 e. The number of aryl methyl sites for hydroxylation is 1. The number of hydrogen-bond acceptors (Lipinski definition) is 4. The summed E-state index contributed by atoms with van der Waals surface area (Å²) in [4.78, 5) is 0. The molecule has 0 aliphatic heterocycles. The van der Waals surface area contributed by atoms with Crippen molar-refractivity contribution in [3.63, 3.8) is 0 Å². The van der Waals surface area contributed by atoms with Crippen LogP contribution in [-0.4, -0.2) is 29.5 Å². The zero-order valence-corrected chi connectivity index (χ0v) is 15.1. The van der Waals surface area contributed by atoms with Gasteiger partial charge in [0.1, 0.15) is 0 Å². The van der Waals surface area contributed by atoms with E-state index in [1.807, 2.05) is 0 Å². The standard InChI is InChI=1S/C13H21BrN4O2S/c1-12(2)8-5-6-13(12,3)9(7-8)16-21(19,20)11-10(14)15-17-18(11)4/h8-9,16H,5-7H2,1-4H3. The summed E-state index contributed by atoms with van der Waals surface area (Å²) in [5.41, 5.74) is 0.172. The van der Waals surface area contributed by atoms with Crippen molar-refractivity contribution >= 4 is 26.0 Å². The van der Waals surface area contributed by atoms with Crippen LogP contribution >= 0.6 is 15.9 Å². The molecule has 1 aromatic rings. The summed E-state index contributed by atoms with van der Waals surface area (Å²) in [6, 6.07) is -0.0296. The first-order valence-corrected chi connectivity index (χ1v) is 9.45. The van der Waals surface area contributed by atoms with Crippen molar-refractivity contribution in [2.24, 2.45) is 23.8 Å². The number of nitrogens with one attached hydrogen (secondary N) is 1. The number of nitrogens with zero attached hydrogens (tertiary/aromatic N) is 3. The maximum absolute atomic E-state index is 12.7. The van der Waals surface area contributed by atoms with E-state index in [0.717, 1.165) is 12.8 Å². The molecule has 6 nitrogen and oxygen atoms in total. The van der Waals surface area contributed by atoms with Crippen LogP contribution in [0.3, 0.4) is 0 Å². The fourth-order valence-electron chi connectivity index (χ4n) is 4.23. The minimum atomic E-state index is -3.63. The second kappa shape index (κ2) is 4.52. The van der Waals surface area contributed by atoms with Gasteiger partial charge in [0, 0.05) is 13.1 Å². The lowest BCUT2D eigenvalue weighted by atomic mass is 9.69. The maximum atomic E-state index is 12.7. The predicted molar refractivity (Wildman–Crippen MR) is 82.0 cm³/mol. The topological polar surface area (TPSA) is 76.9 Å². The van der Waals surface area contributed by atoms with Crippen molar-refractivity contribution in [2.45, 2.75) is 51.1 Å². The van der Waals surface area contributed by atoms with E-state index in [4.69, 9.17) is 0 Å². The highest BCUT2D eigenvalue weighted by atomic mass is 79.9. The molecule has 3 atom stereocenters. The molecule has 1 aromatic heterocycles. The summed E-state index contributed by atoms with van der Waals surface area (Å²) in [7, 11) is -2.05. The molecule has 2 fully saturated rings. The van der Waals surface area contributed by atoms with E-state index in [-0.39, 0.29) is 26.5 Å². The van der Waals surface area contributed by atoms with E-state index >= 15 is 0 Å². The quantitative estimate of drug-likeness (QED) is 0.875. The molecular weight excluding hydrogens is 356 g/mol. The highest BCUT2D eigenvalue weighted by molar-refractivity contribution is 9.10. The first-order chi connectivity index (χ1) is 9.59. The Bertz CT molecular complexity index is 665. The molecule has 21 heavy (non-hydrogen) atoms. The van der Waals surface area contributed by atoms with Gasteiger partial charge in [-0.1, -0.05) is 26.0 Å². The summed E-state index contributed by atoms with van der Waals surface area (Å²) in [6.07, 6.45) is 3.17. The van der Waals surface area contributed by atoms with E-state index in [9.17, 15) is 8.42 Å². The summed E-state index contributed by atoms with van der Waals surface area (Å²) in [6.45, 7) is 6.74. The molecule has 0 amide bonds. The monoisotopic (exact) mass is 376 g/mol. The third-order valence-electron chi connectivity index (χ3n) is 6.08. The Balaban J connectivity index is 1.92. The lowest BCUT2D eigenvalue weighted by Gasteiger charge is -2.39. The molecule has 0 radical (unpaired) electrons. The highest BCUT2D eigenvalue weighted by Crippen LogP contribution is 2.65. The van der Waals surface area contributed by atoms with Crippen molar-refractivity contribution in [3.05, 3.63) is 4.60 Å². The van der Waals surface area contributed by atoms with Gasteiger partial charge >= 0.3 is 0 Å². The molecule has 0 saturated heterocycles. The van der Waals surface area contributed by atoms with Crippen molar-refractivity contribution in [2.75, 3.05) is 0 Å². The molecule has 118 valence electrons. The number of halogens is 1. The number of aromatic nitrogens is 3. The van der Waals surface area contributed by atoms with Crippen LogP contribution < -0.4 is 4.72 Å². The SMILES string of the molecule is Cn1nnc(Br)c1S(=O)(=O)NC1CC2CCC1(C)C2(C)C. The van der Waals surface area contributed by atoms with Crippen LogP contribution in [0.25, 0.3) is 0 Å². The molecule has 0 spiro atoms. The average Bonchev–Trinajstić information content (AvgIpc) is 2.87. The van der Waals surface area contributed by atoms with E-state index in [0.29, 0.717) is 5.92 Å². The molecule has 0 aromatic carbocycles. The van der Waals surface area contributed by atoms with Crippen LogP contribution in [-0.2, 0) is 17.1 Å². The van der Waals surface area contributed by atoms with Gasteiger partial charge in [-0.15, -0.1) is 5.10 Å². The summed E-state index contributed by atoms with van der Waals surface area (Å²) in [5, 5.41) is 7.60. The summed E-state index contributed by atoms with van der Waals surface area (Å²) < 4.78 is 29.8. The van der Waals surface area contributed by atoms with Gasteiger partial charge in [0.2, 0.25) is 5.03 Å². The lowest BCUT2D eigenvalue weighted by Crippen LogP contribution is -2.47. The Labute approximate surface area is 133 Å². The first-order valence-electron chi connectivity index (χ1n) is 7.17. The largest absolute Gasteiger partial charge is 0.260 e. The molecule has 2 saturated carbocycles. The van der Waals surface area contributed by atoms with Gasteiger partial charge in [-0.25, -0.2) is 17.8 Å². The van der Waals surface area contributed by atoms with Crippen molar-refractivity contribution in [3.8, 4) is 0 Å². The third kappa shape index (κ3) is 2.02. The molecule has 1 heterocycles. The Morgan fingerprint density at radius 3 is 2.48 bits per heavy atom. The van der Waals surface area contributed by atoms with Gasteiger partial charge in [-0.2, -0.15) is 0 Å². The Morgan fingerprint density at radius 2 is 2.05 bits per heavy atom. The van der Waals surface area contributed by atoms with E-state index < -0.39 is 10.0 Å². The maximum Gasteiger partial charge on any atom is 0.260 e. The Kier molecular flexibility index (Phi) is 3.32. The molecule has 3 unspecified atom stereocenters. The number of rotatable bonds is 3. The fourth-order valence-corrected chi connectivity index (χ4v) is 6.69. The Hall–Kier alpha value is -0.470. The fraction of sp³-hybridized carbons (Fsp3) is 0.846. The average molecular weight is 377 g/mol. The molecular formula is C13H21BrN4O2S. The predicted octanol–water partition coefficient (Wildman–Crippen LogP) is 2.07. The zero-order chi connectivity index (χ0) is 15.6. The van der Waals surface area contributed by atoms with Gasteiger partial charge < -0.3 is 0 Å². The molecule has 2 aliphatic carbocycles. The summed E-state index contributed by atoms with van der Waals surface area (Å²) in [5.74, 6) is 0.586. The summed E-state index contributed by atoms with van der Waals surface area (Å²) >= 11 is 3.17. The van der Waals surface area contributed by atoms with Crippen molar-refractivity contribution in [1.29, 1.82) is 0 Å². The number of sulfonamides is 1. The van der Waals surface area contributed by atoms with E-state index in [1.54, 1.807) is 7.05 Å². The van der Waals surface area contributed by atoms with E-state index in [1.165, 1.54) is 11.1 Å². The van der Waals surface area contributed by atoms with Gasteiger partial charge in [0.15, 0.2) is 4.60 Å². The van der Waals surface area contributed by atoms with Crippen LogP contribution in [0.5, 0.6) is 0 Å². The molecule has 2 aliphatic rings. The highest BCUT2D eigenvalue weighted by Gasteiger charge is 2.62. The first kappa shape index (κ1) is 15.4. The van der Waals surface area contributed by atoms with Crippen molar-refractivity contribution < 1.29 is 8.42 Å². The van der Waals surface area contributed by atoms with Gasteiger partial charge in [0.05, 0.1) is 0 Å². The van der Waals surface area contributed by atoms with Gasteiger partial charge in [0.25, 0.3) is 10.0 Å². The van der Waals surface area contributed by atoms with Crippen LogP contribution in [0.15, 0.2) is 9.63 Å². The minimum Gasteiger partial charge on any atom is -0.235 e. The van der Waals surface area contributed by atoms with Gasteiger partial charge in [-0.3, -0.25) is 0 Å². The molecule has 1 N–H and O–H groups in total. The minimum absolute atomic E-state index is 0.00321. The van der Waals surface area contributed by atoms with Gasteiger partial charge in [-0.05, 0) is 51.9 Å². The second-order valence-corrected chi connectivity index (χ2v) is 9.47. The van der Waals surface area contributed by atoms with Crippen LogP contribution in [0.2, 0.25) is 0 Å². The Morgan fingerprint density at radius 1 is 1.38 bits per heavy atom. The molecule has 3 rings (SSSR count). The van der Waals surface area contributed by atoms with E-state index in [2.05, 4.69) is 51.7 Å². The second-order valence-electron chi connectivity index (χ2n) is 7.09. The zero-order valence-electron chi connectivity index (χ0n) is 12.7. The molecule has 2 bridgehead atoms. The molecule has 8 heteroatoms. The third-order valence-corrected chi connectivity index (χ3v) is 8.44. The van der Waals surface area contributed by atoms with Crippen molar-refractivity contribution in [1.82, 2.24) is 19.7 Å². The van der Waals surface area contributed by atoms with Crippen LogP contribution in [0, 0.1) is 16.7 Å². The number of hydrogen-bond donors (Lipinski definition) is 1. The van der Waals surface area contributed by atoms with Crippen LogP contribution in [0.1, 0.15) is 40.0 Å². The van der Waals surface area contributed by atoms with Crippen LogP contribution in [0.4, 0.5) is 0 Å².